The summed E-state index contributed by atoms with van der Waals surface area (Å²) < 4.78 is 30.6. The van der Waals surface area contributed by atoms with Crippen LogP contribution in [0, 0.1) is 12.3 Å². The minimum absolute atomic E-state index is 0.0799. The van der Waals surface area contributed by atoms with E-state index >= 15 is 0 Å². The summed E-state index contributed by atoms with van der Waals surface area (Å²) in [4.78, 5) is 0.230. The van der Waals surface area contributed by atoms with Crippen molar-refractivity contribution in [2.45, 2.75) is 31.9 Å². The van der Waals surface area contributed by atoms with Gasteiger partial charge in [0.15, 0.2) is 9.84 Å². The molecule has 3 atom stereocenters. The molecule has 0 amide bonds. The molecule has 0 unspecified atom stereocenters. The van der Waals surface area contributed by atoms with Crippen molar-refractivity contribution in [2.24, 2.45) is 11.1 Å². The molecule has 1 aromatic rings. The van der Waals surface area contributed by atoms with Gasteiger partial charge in [-0.05, 0) is 19.4 Å². The molecule has 0 aliphatic heterocycles. The number of rotatable bonds is 7. The number of hydrogen-bond acceptors (Lipinski definition) is 4. The van der Waals surface area contributed by atoms with Crippen LogP contribution in [-0.4, -0.2) is 37.6 Å². The molecule has 6 heteroatoms. The van der Waals surface area contributed by atoms with Crippen LogP contribution in [0.1, 0.15) is 30.9 Å². The molecule has 22 heavy (non-hydrogen) atoms. The zero-order chi connectivity index (χ0) is 16.5. The van der Waals surface area contributed by atoms with Crippen LogP contribution in [0.5, 0.6) is 0 Å². The van der Waals surface area contributed by atoms with Gasteiger partial charge in [-0.2, -0.15) is 0 Å². The molecule has 2 N–H and O–H groups in total. The van der Waals surface area contributed by atoms with E-state index in [4.69, 9.17) is 22.7 Å². The van der Waals surface area contributed by atoms with Crippen molar-refractivity contribution in [2.75, 3.05) is 19.0 Å². The van der Waals surface area contributed by atoms with E-state index in [0.29, 0.717) is 6.61 Å². The van der Waals surface area contributed by atoms with Crippen LogP contribution in [0.15, 0.2) is 24.3 Å². The first-order valence-corrected chi connectivity index (χ1v) is 9.59. The van der Waals surface area contributed by atoms with E-state index in [0.717, 1.165) is 11.1 Å². The molecule has 1 aliphatic rings. The number of benzene rings is 1. The van der Waals surface area contributed by atoms with Gasteiger partial charge in [0.25, 0.3) is 0 Å². The van der Waals surface area contributed by atoms with E-state index in [1.54, 1.807) is 6.92 Å². The molecule has 0 bridgehead atoms. The predicted molar refractivity (Wildman–Crippen MR) is 92.9 cm³/mol. The smallest absolute Gasteiger partial charge is 0.154 e. The molecule has 2 rings (SSSR count). The van der Waals surface area contributed by atoms with Crippen molar-refractivity contribution in [3.05, 3.63) is 35.4 Å². The van der Waals surface area contributed by atoms with Crippen molar-refractivity contribution in [3.8, 4) is 0 Å². The topological polar surface area (TPSA) is 69.4 Å². The zero-order valence-corrected chi connectivity index (χ0v) is 14.8. The fourth-order valence-electron chi connectivity index (χ4n) is 3.17. The van der Waals surface area contributed by atoms with Crippen molar-refractivity contribution in [1.29, 1.82) is 0 Å². The zero-order valence-electron chi connectivity index (χ0n) is 13.2. The van der Waals surface area contributed by atoms with E-state index < -0.39 is 20.5 Å². The highest BCUT2D eigenvalue weighted by molar-refractivity contribution is 7.92. The molecule has 1 aliphatic carbocycles. The van der Waals surface area contributed by atoms with Crippen LogP contribution in [0.4, 0.5) is 0 Å². The van der Waals surface area contributed by atoms with Gasteiger partial charge < -0.3 is 10.5 Å². The highest BCUT2D eigenvalue weighted by Crippen LogP contribution is 2.63. The van der Waals surface area contributed by atoms with Crippen LogP contribution in [-0.2, 0) is 14.6 Å². The van der Waals surface area contributed by atoms with Crippen molar-refractivity contribution < 1.29 is 13.2 Å². The molecule has 0 radical (unpaired) electrons. The summed E-state index contributed by atoms with van der Waals surface area (Å²) in [5.74, 6) is -0.140. The van der Waals surface area contributed by atoms with E-state index in [2.05, 4.69) is 0 Å². The van der Waals surface area contributed by atoms with Crippen LogP contribution < -0.4 is 5.73 Å². The molecular formula is C16H23NO3S2. The maximum absolute atomic E-state index is 12.5. The quantitative estimate of drug-likeness (QED) is 0.770. The third kappa shape index (κ3) is 2.79. The number of hydrogen-bond donors (Lipinski definition) is 1. The maximum atomic E-state index is 12.5. The first-order chi connectivity index (χ1) is 10.3. The summed E-state index contributed by atoms with van der Waals surface area (Å²) >= 11 is 5.24. The van der Waals surface area contributed by atoms with Gasteiger partial charge in [0.2, 0.25) is 0 Å². The number of ether oxygens (including phenoxy) is 1. The molecule has 0 aromatic heterocycles. The molecular weight excluding hydrogens is 318 g/mol. The molecule has 122 valence electrons. The lowest BCUT2D eigenvalue weighted by Gasteiger charge is -2.16. The second kappa shape index (κ2) is 6.26. The Bertz CT molecular complexity index is 654. The molecule has 4 nitrogen and oxygen atoms in total. The lowest BCUT2D eigenvalue weighted by molar-refractivity contribution is 0.121. The van der Waals surface area contributed by atoms with Crippen LogP contribution in [0.2, 0.25) is 0 Å². The SMILES string of the molecule is CCOC[C@@]1(C(N)=S)[C@@H](c2ccc(C)cc2)[C@@H]1S(=O)(=O)CC. The van der Waals surface area contributed by atoms with Gasteiger partial charge in [-0.3, -0.25) is 0 Å². The Balaban J connectivity index is 2.48. The molecule has 0 spiro atoms. The number of nitrogens with two attached hydrogens (primary N) is 1. The Hall–Kier alpha value is -0.980. The van der Waals surface area contributed by atoms with Gasteiger partial charge >= 0.3 is 0 Å². The first kappa shape index (κ1) is 17.4. The fourth-order valence-corrected chi connectivity index (χ4v) is 5.63. The third-order valence-corrected chi connectivity index (χ3v) is 7.14. The van der Waals surface area contributed by atoms with Gasteiger partial charge in [-0.15, -0.1) is 0 Å². The first-order valence-electron chi connectivity index (χ1n) is 7.47. The summed E-state index contributed by atoms with van der Waals surface area (Å²) in [6, 6.07) is 7.89. The summed E-state index contributed by atoms with van der Waals surface area (Å²) in [6.07, 6.45) is 0. The second-order valence-corrected chi connectivity index (χ2v) is 8.65. The van der Waals surface area contributed by atoms with Crippen LogP contribution in [0.3, 0.4) is 0 Å². The van der Waals surface area contributed by atoms with Gasteiger partial charge in [0.1, 0.15) is 0 Å². The van der Waals surface area contributed by atoms with Crippen molar-refractivity contribution in [3.63, 3.8) is 0 Å². The Morgan fingerprint density at radius 1 is 1.32 bits per heavy atom. The highest BCUT2D eigenvalue weighted by atomic mass is 32.2. The Kier molecular flexibility index (Phi) is 4.94. The monoisotopic (exact) mass is 341 g/mol. The van der Waals surface area contributed by atoms with E-state index in [9.17, 15) is 8.42 Å². The van der Waals surface area contributed by atoms with Crippen LogP contribution >= 0.6 is 12.2 Å². The lowest BCUT2D eigenvalue weighted by atomic mass is 9.99. The largest absolute Gasteiger partial charge is 0.393 e. The summed E-state index contributed by atoms with van der Waals surface area (Å²) in [5, 5.41) is -0.586. The van der Waals surface area contributed by atoms with E-state index in [1.165, 1.54) is 0 Å². The predicted octanol–water partition coefficient (Wildman–Crippen LogP) is 2.20. The van der Waals surface area contributed by atoms with Crippen LogP contribution in [0.25, 0.3) is 0 Å². The average Bonchev–Trinajstić information content (AvgIpc) is 3.17. The minimum Gasteiger partial charge on any atom is -0.393 e. The molecule has 1 fully saturated rings. The van der Waals surface area contributed by atoms with Gasteiger partial charge in [-0.1, -0.05) is 49.0 Å². The normalized spacial score (nSPS) is 27.6. The molecule has 1 saturated carbocycles. The number of aryl methyl sites for hydroxylation is 1. The maximum Gasteiger partial charge on any atom is 0.154 e. The third-order valence-electron chi connectivity index (χ3n) is 4.49. The molecule has 0 heterocycles. The van der Waals surface area contributed by atoms with Crippen molar-refractivity contribution in [1.82, 2.24) is 0 Å². The summed E-state index contributed by atoms with van der Waals surface area (Å²) in [5.41, 5.74) is 7.27. The van der Waals surface area contributed by atoms with E-state index in [1.807, 2.05) is 38.1 Å². The number of thiocarbonyl (C=S) groups is 1. The molecule has 1 aromatic carbocycles. The summed E-state index contributed by atoms with van der Waals surface area (Å²) in [6.45, 7) is 6.29. The average molecular weight is 341 g/mol. The Morgan fingerprint density at radius 2 is 1.91 bits per heavy atom. The molecule has 0 saturated heterocycles. The second-order valence-electron chi connectivity index (χ2n) is 5.80. The standard InChI is InChI=1S/C16H23NO3S2/c1-4-20-10-16(15(17)21)13(14(16)22(18,19)5-2)12-8-6-11(3)7-9-12/h6-9,13-14H,4-5,10H2,1-3H3,(H2,17,21)/t13-,14-,16+/m0/s1. The highest BCUT2D eigenvalue weighted by Gasteiger charge is 2.72. The summed E-state index contributed by atoms with van der Waals surface area (Å²) in [7, 11) is -3.26. The van der Waals surface area contributed by atoms with Gasteiger partial charge in [-0.25, -0.2) is 8.42 Å². The number of sulfone groups is 1. The Labute approximate surface area is 138 Å². The lowest BCUT2D eigenvalue weighted by Crippen LogP contribution is -2.34. The fraction of sp³-hybridized carbons (Fsp3) is 0.562. The van der Waals surface area contributed by atoms with Gasteiger partial charge in [0.05, 0.1) is 22.3 Å². The Morgan fingerprint density at radius 3 is 2.36 bits per heavy atom. The van der Waals surface area contributed by atoms with E-state index in [-0.39, 0.29) is 23.3 Å². The van der Waals surface area contributed by atoms with Gasteiger partial charge in [0, 0.05) is 18.3 Å². The van der Waals surface area contributed by atoms with Crippen molar-refractivity contribution >= 4 is 27.0 Å². The minimum atomic E-state index is -3.26.